The van der Waals surface area contributed by atoms with E-state index < -0.39 is 0 Å². The largest absolute Gasteiger partial charge is 0.356 e. The molecule has 2 N–H and O–H groups in total. The molecule has 1 amide bonds. The van der Waals surface area contributed by atoms with Crippen LogP contribution in [-0.2, 0) is 11.2 Å². The van der Waals surface area contributed by atoms with E-state index >= 15 is 0 Å². The molecule has 0 spiro atoms. The van der Waals surface area contributed by atoms with Gasteiger partial charge in [-0.3, -0.25) is 4.79 Å². The van der Waals surface area contributed by atoms with Crippen LogP contribution in [-0.4, -0.2) is 26.0 Å². The van der Waals surface area contributed by atoms with Crippen LogP contribution in [0.2, 0.25) is 0 Å². The normalized spacial score (nSPS) is 11.6. The van der Waals surface area contributed by atoms with E-state index in [0.29, 0.717) is 13.0 Å². The molecule has 3 nitrogen and oxygen atoms in total. The topological polar surface area (TPSA) is 41.1 Å². The lowest BCUT2D eigenvalue weighted by atomic mass is 9.98. The van der Waals surface area contributed by atoms with Crippen LogP contribution in [0.3, 0.4) is 0 Å². The summed E-state index contributed by atoms with van der Waals surface area (Å²) in [4.78, 5) is 11.7. The molecule has 1 rings (SSSR count). The molecular weight excluding hydrogens is 279 g/mol. The summed E-state index contributed by atoms with van der Waals surface area (Å²) >= 11 is 0. The molecular formula is C15H24ClFN2O. The first-order valence-corrected chi connectivity index (χ1v) is 6.77. The highest BCUT2D eigenvalue weighted by Crippen LogP contribution is 2.12. The Hall–Kier alpha value is -1.13. The first-order valence-electron chi connectivity index (χ1n) is 6.77. The molecule has 0 aliphatic heterocycles. The average molecular weight is 303 g/mol. The summed E-state index contributed by atoms with van der Waals surface area (Å²) in [6.07, 6.45) is 2.14. The fourth-order valence-electron chi connectivity index (χ4n) is 2.02. The maximum Gasteiger partial charge on any atom is 0.220 e. The Morgan fingerprint density at radius 1 is 1.35 bits per heavy atom. The Balaban J connectivity index is 0.00000361. The van der Waals surface area contributed by atoms with E-state index in [9.17, 15) is 9.18 Å². The first-order chi connectivity index (χ1) is 9.11. The van der Waals surface area contributed by atoms with Gasteiger partial charge in [-0.05, 0) is 50.0 Å². The van der Waals surface area contributed by atoms with Gasteiger partial charge >= 0.3 is 0 Å². The van der Waals surface area contributed by atoms with Crippen molar-refractivity contribution < 1.29 is 9.18 Å². The molecule has 0 saturated heterocycles. The standard InChI is InChI=1S/C15H23FN2O.ClH/c1-12(9-13-5-3-6-14(16)11-13)10-15(19)18-8-4-7-17-2;/h3,5-6,11-12,17H,4,7-10H2,1-2H3,(H,18,19);1H. The zero-order valence-electron chi connectivity index (χ0n) is 12.1. The van der Waals surface area contributed by atoms with Gasteiger partial charge in [0.1, 0.15) is 5.82 Å². The Bertz CT molecular complexity index is 401. The lowest BCUT2D eigenvalue weighted by Gasteiger charge is -2.12. The van der Waals surface area contributed by atoms with Crippen LogP contribution in [0.25, 0.3) is 0 Å². The molecule has 1 aromatic carbocycles. The van der Waals surface area contributed by atoms with Gasteiger partial charge in [0.25, 0.3) is 0 Å². The Morgan fingerprint density at radius 3 is 2.75 bits per heavy atom. The monoisotopic (exact) mass is 302 g/mol. The smallest absolute Gasteiger partial charge is 0.220 e. The molecule has 0 heterocycles. The summed E-state index contributed by atoms with van der Waals surface area (Å²) in [5.74, 6) is 0.0623. The minimum Gasteiger partial charge on any atom is -0.356 e. The number of nitrogens with one attached hydrogen (secondary N) is 2. The van der Waals surface area contributed by atoms with Crippen molar-refractivity contribution in [1.29, 1.82) is 0 Å². The van der Waals surface area contributed by atoms with Crippen molar-refractivity contribution in [3.8, 4) is 0 Å². The quantitative estimate of drug-likeness (QED) is 0.725. The van der Waals surface area contributed by atoms with E-state index in [4.69, 9.17) is 0 Å². The molecule has 1 aromatic rings. The molecule has 114 valence electrons. The maximum absolute atomic E-state index is 13.0. The minimum atomic E-state index is -0.221. The van der Waals surface area contributed by atoms with E-state index in [2.05, 4.69) is 10.6 Å². The number of carbonyl (C=O) groups excluding carboxylic acids is 1. The Kier molecular flexibility index (Phi) is 10.0. The van der Waals surface area contributed by atoms with E-state index in [0.717, 1.165) is 24.9 Å². The number of amides is 1. The van der Waals surface area contributed by atoms with Crippen molar-refractivity contribution in [3.63, 3.8) is 0 Å². The van der Waals surface area contributed by atoms with E-state index in [1.165, 1.54) is 12.1 Å². The van der Waals surface area contributed by atoms with Crippen LogP contribution < -0.4 is 10.6 Å². The van der Waals surface area contributed by atoms with Gasteiger partial charge in [-0.2, -0.15) is 0 Å². The zero-order valence-corrected chi connectivity index (χ0v) is 12.9. The molecule has 0 aliphatic carbocycles. The fourth-order valence-corrected chi connectivity index (χ4v) is 2.02. The van der Waals surface area contributed by atoms with Crippen LogP contribution in [0.5, 0.6) is 0 Å². The maximum atomic E-state index is 13.0. The number of carbonyl (C=O) groups is 1. The third kappa shape index (κ3) is 8.12. The molecule has 1 unspecified atom stereocenters. The van der Waals surface area contributed by atoms with Crippen molar-refractivity contribution in [2.45, 2.75) is 26.2 Å². The second kappa shape index (κ2) is 10.6. The van der Waals surface area contributed by atoms with Crippen LogP contribution >= 0.6 is 12.4 Å². The summed E-state index contributed by atoms with van der Waals surface area (Å²) < 4.78 is 13.0. The second-order valence-corrected chi connectivity index (χ2v) is 4.95. The molecule has 20 heavy (non-hydrogen) atoms. The molecule has 1 atom stereocenters. The fraction of sp³-hybridized carbons (Fsp3) is 0.533. The highest BCUT2D eigenvalue weighted by Gasteiger charge is 2.09. The highest BCUT2D eigenvalue weighted by molar-refractivity contribution is 5.85. The number of hydrogen-bond donors (Lipinski definition) is 2. The number of halogens is 2. The third-order valence-electron chi connectivity index (χ3n) is 2.93. The number of rotatable bonds is 8. The van der Waals surface area contributed by atoms with Gasteiger partial charge in [0.2, 0.25) is 5.91 Å². The van der Waals surface area contributed by atoms with Crippen LogP contribution in [0, 0.1) is 11.7 Å². The minimum absolute atomic E-state index is 0. The predicted octanol–water partition coefficient (Wildman–Crippen LogP) is 2.54. The van der Waals surface area contributed by atoms with Crippen molar-refractivity contribution in [3.05, 3.63) is 35.6 Å². The van der Waals surface area contributed by atoms with Gasteiger partial charge < -0.3 is 10.6 Å². The van der Waals surface area contributed by atoms with Gasteiger partial charge in [0, 0.05) is 13.0 Å². The number of hydrogen-bond acceptors (Lipinski definition) is 2. The summed E-state index contributed by atoms with van der Waals surface area (Å²) in [6.45, 7) is 3.61. The molecule has 0 aliphatic rings. The zero-order chi connectivity index (χ0) is 14.1. The van der Waals surface area contributed by atoms with Gasteiger partial charge in [-0.1, -0.05) is 19.1 Å². The Morgan fingerprint density at radius 2 is 2.10 bits per heavy atom. The van der Waals surface area contributed by atoms with Gasteiger partial charge in [0.05, 0.1) is 0 Å². The van der Waals surface area contributed by atoms with Crippen molar-refractivity contribution in [2.75, 3.05) is 20.1 Å². The summed E-state index contributed by atoms with van der Waals surface area (Å²) in [5, 5.41) is 5.93. The number of benzene rings is 1. The second-order valence-electron chi connectivity index (χ2n) is 4.95. The highest BCUT2D eigenvalue weighted by atomic mass is 35.5. The molecule has 0 radical (unpaired) electrons. The van der Waals surface area contributed by atoms with E-state index in [1.54, 1.807) is 6.07 Å². The Labute approximate surface area is 126 Å². The third-order valence-corrected chi connectivity index (χ3v) is 2.93. The van der Waals surface area contributed by atoms with Crippen molar-refractivity contribution >= 4 is 18.3 Å². The predicted molar refractivity (Wildman–Crippen MR) is 82.7 cm³/mol. The van der Waals surface area contributed by atoms with Crippen LogP contribution in [0.15, 0.2) is 24.3 Å². The van der Waals surface area contributed by atoms with E-state index in [1.807, 2.05) is 20.0 Å². The van der Waals surface area contributed by atoms with Gasteiger partial charge in [-0.15, -0.1) is 12.4 Å². The lowest BCUT2D eigenvalue weighted by molar-refractivity contribution is -0.121. The van der Waals surface area contributed by atoms with Crippen molar-refractivity contribution in [1.82, 2.24) is 10.6 Å². The summed E-state index contributed by atoms with van der Waals surface area (Å²) in [5.41, 5.74) is 0.940. The van der Waals surface area contributed by atoms with Gasteiger partial charge in [-0.25, -0.2) is 4.39 Å². The van der Waals surface area contributed by atoms with E-state index in [-0.39, 0.29) is 30.0 Å². The van der Waals surface area contributed by atoms with Crippen LogP contribution in [0.4, 0.5) is 4.39 Å². The van der Waals surface area contributed by atoms with Crippen LogP contribution in [0.1, 0.15) is 25.3 Å². The molecule has 0 aromatic heterocycles. The summed E-state index contributed by atoms with van der Waals surface area (Å²) in [7, 11) is 1.89. The molecule has 0 saturated carbocycles. The van der Waals surface area contributed by atoms with Crippen molar-refractivity contribution in [2.24, 2.45) is 5.92 Å². The van der Waals surface area contributed by atoms with Gasteiger partial charge in [0.15, 0.2) is 0 Å². The SMILES string of the molecule is CNCCCNC(=O)CC(C)Cc1cccc(F)c1.Cl. The lowest BCUT2D eigenvalue weighted by Crippen LogP contribution is -2.28. The molecule has 0 fully saturated rings. The average Bonchev–Trinajstić information content (AvgIpc) is 2.34. The summed E-state index contributed by atoms with van der Waals surface area (Å²) in [6, 6.07) is 6.56. The molecule has 0 bridgehead atoms. The molecule has 5 heteroatoms. The first kappa shape index (κ1) is 18.9.